The number of hydrogen-bond donors (Lipinski definition) is 0. The minimum Gasteiger partial charge on any atom is -0.462 e. The van der Waals surface area contributed by atoms with Gasteiger partial charge in [-0.3, -0.25) is 9.59 Å². The molecule has 0 aliphatic rings. The fourth-order valence-corrected chi connectivity index (χ4v) is 8.81. The lowest BCUT2D eigenvalue weighted by atomic mass is 10.0. The van der Waals surface area contributed by atoms with E-state index in [1.165, 1.54) is 231 Å². The summed E-state index contributed by atoms with van der Waals surface area (Å²) in [7, 11) is 0. The largest absolute Gasteiger partial charge is 0.462 e. The van der Waals surface area contributed by atoms with E-state index in [-0.39, 0.29) is 25.2 Å². The maximum atomic E-state index is 12.9. The molecule has 398 valence electrons. The number of carbonyl (C=O) groups is 2. The third-order valence-electron chi connectivity index (χ3n) is 13.3. The number of allylic oxidation sites excluding steroid dienone is 8. The molecule has 0 N–H and O–H groups in total. The Morgan fingerprint density at radius 1 is 0.324 bits per heavy atom. The van der Waals surface area contributed by atoms with Gasteiger partial charge in [-0.05, 0) is 83.5 Å². The number of hydrogen-bond acceptors (Lipinski definition) is 5. The van der Waals surface area contributed by atoms with E-state index in [1.54, 1.807) is 0 Å². The van der Waals surface area contributed by atoms with E-state index in [2.05, 4.69) is 69.4 Å². The molecule has 0 saturated carbocycles. The zero-order valence-electron chi connectivity index (χ0n) is 45.9. The van der Waals surface area contributed by atoms with Crippen LogP contribution in [0.5, 0.6) is 0 Å². The molecule has 0 spiro atoms. The molecule has 0 aromatic heterocycles. The summed E-state index contributed by atoms with van der Waals surface area (Å²) in [5, 5.41) is 0. The van der Waals surface area contributed by atoms with E-state index in [9.17, 15) is 9.59 Å². The van der Waals surface area contributed by atoms with Crippen molar-refractivity contribution < 1.29 is 23.8 Å². The van der Waals surface area contributed by atoms with Crippen LogP contribution in [0.15, 0.2) is 48.6 Å². The quantitative estimate of drug-likeness (QED) is 0.0345. The van der Waals surface area contributed by atoms with Gasteiger partial charge in [0.15, 0.2) is 6.10 Å². The maximum absolute atomic E-state index is 12.9. The van der Waals surface area contributed by atoms with Crippen molar-refractivity contribution in [2.24, 2.45) is 0 Å². The summed E-state index contributed by atoms with van der Waals surface area (Å²) in [5.41, 5.74) is 0. The first-order valence-electron chi connectivity index (χ1n) is 30.2. The topological polar surface area (TPSA) is 61.8 Å². The first kappa shape index (κ1) is 65.9. The highest BCUT2D eigenvalue weighted by Crippen LogP contribution is 2.16. The summed E-state index contributed by atoms with van der Waals surface area (Å²) >= 11 is 0. The Bertz CT molecular complexity index is 1120. The Morgan fingerprint density at radius 3 is 1.00 bits per heavy atom. The monoisotopic (exact) mass is 953 g/mol. The van der Waals surface area contributed by atoms with Crippen LogP contribution >= 0.6 is 0 Å². The van der Waals surface area contributed by atoms with Crippen molar-refractivity contribution in [1.29, 1.82) is 0 Å². The van der Waals surface area contributed by atoms with Crippen LogP contribution in [0.3, 0.4) is 0 Å². The van der Waals surface area contributed by atoms with Crippen molar-refractivity contribution in [3.63, 3.8) is 0 Å². The van der Waals surface area contributed by atoms with Gasteiger partial charge in [0.05, 0.1) is 6.61 Å². The summed E-state index contributed by atoms with van der Waals surface area (Å²) in [6, 6.07) is 0. The molecule has 68 heavy (non-hydrogen) atoms. The van der Waals surface area contributed by atoms with Gasteiger partial charge < -0.3 is 14.2 Å². The van der Waals surface area contributed by atoms with Crippen molar-refractivity contribution >= 4 is 11.9 Å². The van der Waals surface area contributed by atoms with Gasteiger partial charge >= 0.3 is 11.9 Å². The van der Waals surface area contributed by atoms with Crippen LogP contribution in [0.25, 0.3) is 0 Å². The predicted octanol–water partition coefficient (Wildman–Crippen LogP) is 20.7. The molecule has 1 atom stereocenters. The second-order valence-corrected chi connectivity index (χ2v) is 20.3. The molecule has 0 heterocycles. The number of esters is 2. The molecular weight excluding hydrogens is 837 g/mol. The normalized spacial score (nSPS) is 12.5. The molecule has 0 fully saturated rings. The van der Waals surface area contributed by atoms with Crippen molar-refractivity contribution in [1.82, 2.24) is 0 Å². The lowest BCUT2D eigenvalue weighted by Gasteiger charge is -2.18. The first-order chi connectivity index (χ1) is 33.6. The number of rotatable bonds is 56. The van der Waals surface area contributed by atoms with E-state index in [1.807, 2.05) is 0 Å². The van der Waals surface area contributed by atoms with Gasteiger partial charge in [-0.1, -0.05) is 268 Å². The number of ether oxygens (including phenoxy) is 3. The molecular formula is C63H116O5. The van der Waals surface area contributed by atoms with Gasteiger partial charge in [0.2, 0.25) is 0 Å². The highest BCUT2D eigenvalue weighted by Gasteiger charge is 2.17. The number of unbranched alkanes of at least 4 members (excludes halogenated alkanes) is 37. The zero-order chi connectivity index (χ0) is 49.2. The summed E-state index contributed by atoms with van der Waals surface area (Å²) in [5.74, 6) is -0.386. The van der Waals surface area contributed by atoms with Crippen LogP contribution in [0.1, 0.15) is 316 Å². The Kier molecular flexibility index (Phi) is 57.3. The fourth-order valence-electron chi connectivity index (χ4n) is 8.81. The van der Waals surface area contributed by atoms with Crippen LogP contribution < -0.4 is 0 Å². The van der Waals surface area contributed by atoms with Gasteiger partial charge in [0, 0.05) is 19.4 Å². The number of carbonyl (C=O) groups excluding carboxylic acids is 2. The van der Waals surface area contributed by atoms with Crippen LogP contribution in [-0.4, -0.2) is 37.9 Å². The van der Waals surface area contributed by atoms with Gasteiger partial charge in [-0.15, -0.1) is 0 Å². The second-order valence-electron chi connectivity index (χ2n) is 20.3. The Hall–Kier alpha value is -2.14. The lowest BCUT2D eigenvalue weighted by Crippen LogP contribution is -2.30. The van der Waals surface area contributed by atoms with Crippen molar-refractivity contribution in [3.8, 4) is 0 Å². The summed E-state index contributed by atoms with van der Waals surface area (Å²) in [6.07, 6.45) is 74.2. The van der Waals surface area contributed by atoms with E-state index in [0.717, 1.165) is 51.4 Å². The summed E-state index contributed by atoms with van der Waals surface area (Å²) in [4.78, 5) is 25.5. The molecule has 0 aliphatic carbocycles. The van der Waals surface area contributed by atoms with Gasteiger partial charge in [0.1, 0.15) is 6.61 Å². The zero-order valence-corrected chi connectivity index (χ0v) is 45.9. The van der Waals surface area contributed by atoms with E-state index in [0.29, 0.717) is 19.4 Å². The molecule has 0 radical (unpaired) electrons. The molecule has 1 unspecified atom stereocenters. The molecule has 0 saturated heterocycles. The second kappa shape index (κ2) is 59.2. The fraction of sp³-hybridized carbons (Fsp3) is 0.841. The average molecular weight is 954 g/mol. The highest BCUT2D eigenvalue weighted by atomic mass is 16.6. The first-order valence-corrected chi connectivity index (χ1v) is 30.2. The molecule has 0 rings (SSSR count). The minimum absolute atomic E-state index is 0.0860. The lowest BCUT2D eigenvalue weighted by molar-refractivity contribution is -0.163. The van der Waals surface area contributed by atoms with E-state index in [4.69, 9.17) is 14.2 Å². The van der Waals surface area contributed by atoms with Crippen LogP contribution in [0.2, 0.25) is 0 Å². The SMILES string of the molecule is CCCCC/C=C\C/C=C\CCCCCCCCCCCCOCC(COC(=O)CCCCCCCCCCC/C=C\C/C=C\CCCCC)OC(=O)CCCCCCCCCCCCCCC. The summed E-state index contributed by atoms with van der Waals surface area (Å²) in [6.45, 7) is 7.82. The minimum atomic E-state index is -0.537. The van der Waals surface area contributed by atoms with Crippen LogP contribution in [-0.2, 0) is 23.8 Å². The molecule has 0 aliphatic heterocycles. The third-order valence-corrected chi connectivity index (χ3v) is 13.3. The Balaban J connectivity index is 4.21. The summed E-state index contributed by atoms with van der Waals surface area (Å²) < 4.78 is 17.5. The molecule has 5 nitrogen and oxygen atoms in total. The van der Waals surface area contributed by atoms with Crippen molar-refractivity contribution in [3.05, 3.63) is 48.6 Å². The Morgan fingerprint density at radius 2 is 0.618 bits per heavy atom. The average Bonchev–Trinajstić information content (AvgIpc) is 3.34. The van der Waals surface area contributed by atoms with Crippen molar-refractivity contribution in [2.45, 2.75) is 322 Å². The molecule has 5 heteroatoms. The van der Waals surface area contributed by atoms with E-state index < -0.39 is 6.10 Å². The smallest absolute Gasteiger partial charge is 0.306 e. The molecule has 0 bridgehead atoms. The standard InChI is InChI=1S/C63H116O5/c1-4-7-10-13-16-19-22-25-27-29-31-33-35-37-40-43-46-49-52-55-58-66-59-61(68-63(65)57-54-51-48-45-42-38-24-21-18-15-12-9-6-3)60-67-62(64)56-53-50-47-44-41-39-36-34-32-30-28-26-23-20-17-14-11-8-5-2/h16-17,19-20,25-28,61H,4-15,18,21-24,29-60H2,1-3H3/b19-16-,20-17-,27-25-,28-26-. The van der Waals surface area contributed by atoms with Gasteiger partial charge in [-0.2, -0.15) is 0 Å². The molecule has 0 amide bonds. The van der Waals surface area contributed by atoms with E-state index >= 15 is 0 Å². The van der Waals surface area contributed by atoms with Gasteiger partial charge in [0.25, 0.3) is 0 Å². The van der Waals surface area contributed by atoms with Crippen molar-refractivity contribution in [2.75, 3.05) is 19.8 Å². The Labute approximate surface area is 424 Å². The van der Waals surface area contributed by atoms with Gasteiger partial charge in [-0.25, -0.2) is 0 Å². The highest BCUT2D eigenvalue weighted by molar-refractivity contribution is 5.70. The molecule has 0 aromatic carbocycles. The maximum Gasteiger partial charge on any atom is 0.306 e. The van der Waals surface area contributed by atoms with Crippen LogP contribution in [0.4, 0.5) is 0 Å². The molecule has 0 aromatic rings. The predicted molar refractivity (Wildman–Crippen MR) is 298 cm³/mol. The van der Waals surface area contributed by atoms with Crippen LogP contribution in [0, 0.1) is 0 Å². The third kappa shape index (κ3) is 56.4.